The lowest BCUT2D eigenvalue weighted by Gasteiger charge is -2.17. The molecule has 2 aromatic rings. The lowest BCUT2D eigenvalue weighted by Crippen LogP contribution is -2.28. The van der Waals surface area contributed by atoms with E-state index in [-0.39, 0.29) is 18.2 Å². The molecule has 1 amide bonds. The zero-order chi connectivity index (χ0) is 18.7. The molecule has 1 saturated heterocycles. The lowest BCUT2D eigenvalue weighted by molar-refractivity contribution is 0.0916. The zero-order valence-electron chi connectivity index (χ0n) is 13.9. The van der Waals surface area contributed by atoms with Gasteiger partial charge in [-0.25, -0.2) is 12.8 Å². The molecule has 8 heteroatoms. The van der Waals surface area contributed by atoms with Gasteiger partial charge in [0.05, 0.1) is 17.5 Å². The SMILES string of the molecule is O=C(NCC(O)c1ccc(F)cc1)c1ccc(N2CCCS2(=O)=O)cc1. The fourth-order valence-electron chi connectivity index (χ4n) is 2.80. The number of aliphatic hydroxyl groups excluding tert-OH is 1. The van der Waals surface area contributed by atoms with Crippen LogP contribution in [-0.4, -0.2) is 38.3 Å². The van der Waals surface area contributed by atoms with Crippen molar-refractivity contribution >= 4 is 21.6 Å². The largest absolute Gasteiger partial charge is 0.387 e. The molecule has 1 aliphatic rings. The number of rotatable bonds is 5. The molecule has 0 aliphatic carbocycles. The molecule has 26 heavy (non-hydrogen) atoms. The third-order valence-electron chi connectivity index (χ3n) is 4.23. The second-order valence-electron chi connectivity index (χ2n) is 6.07. The zero-order valence-corrected chi connectivity index (χ0v) is 14.7. The van der Waals surface area contributed by atoms with Crippen molar-refractivity contribution in [2.75, 3.05) is 23.1 Å². The van der Waals surface area contributed by atoms with Crippen LogP contribution in [0, 0.1) is 5.82 Å². The van der Waals surface area contributed by atoms with E-state index >= 15 is 0 Å². The number of nitrogens with one attached hydrogen (secondary N) is 1. The Bertz CT molecular complexity index is 882. The number of hydrogen-bond donors (Lipinski definition) is 2. The van der Waals surface area contributed by atoms with Crippen LogP contribution in [0.5, 0.6) is 0 Å². The minimum Gasteiger partial charge on any atom is -0.387 e. The molecular weight excluding hydrogens is 359 g/mol. The molecule has 1 atom stereocenters. The van der Waals surface area contributed by atoms with Gasteiger partial charge >= 0.3 is 0 Å². The Balaban J connectivity index is 1.60. The number of aliphatic hydroxyl groups is 1. The summed E-state index contributed by atoms with van der Waals surface area (Å²) in [6.07, 6.45) is -0.361. The van der Waals surface area contributed by atoms with Crippen LogP contribution in [0.25, 0.3) is 0 Å². The van der Waals surface area contributed by atoms with Gasteiger partial charge in [0.15, 0.2) is 0 Å². The molecule has 1 unspecified atom stereocenters. The average molecular weight is 378 g/mol. The lowest BCUT2D eigenvalue weighted by atomic mass is 10.1. The third kappa shape index (κ3) is 4.03. The van der Waals surface area contributed by atoms with E-state index in [1.165, 1.54) is 28.6 Å². The number of sulfonamides is 1. The van der Waals surface area contributed by atoms with Crippen LogP contribution < -0.4 is 9.62 Å². The second kappa shape index (κ2) is 7.43. The number of benzene rings is 2. The van der Waals surface area contributed by atoms with Gasteiger partial charge in [-0.15, -0.1) is 0 Å². The molecule has 138 valence electrons. The number of carbonyl (C=O) groups is 1. The Morgan fingerprint density at radius 2 is 1.81 bits per heavy atom. The van der Waals surface area contributed by atoms with Crippen LogP contribution in [0.2, 0.25) is 0 Å². The van der Waals surface area contributed by atoms with Gasteiger partial charge in [0, 0.05) is 18.7 Å². The summed E-state index contributed by atoms with van der Waals surface area (Å²) in [6, 6.07) is 11.7. The molecule has 0 bridgehead atoms. The molecule has 0 saturated carbocycles. The van der Waals surface area contributed by atoms with Crippen molar-refractivity contribution in [3.8, 4) is 0 Å². The van der Waals surface area contributed by atoms with Gasteiger partial charge in [0.1, 0.15) is 5.82 Å². The van der Waals surface area contributed by atoms with Crippen LogP contribution in [0.1, 0.15) is 28.4 Å². The maximum Gasteiger partial charge on any atom is 0.251 e. The fourth-order valence-corrected chi connectivity index (χ4v) is 4.37. The summed E-state index contributed by atoms with van der Waals surface area (Å²) in [7, 11) is -3.26. The molecule has 1 aliphatic heterocycles. The first-order valence-corrected chi connectivity index (χ1v) is 9.80. The Hall–Kier alpha value is -2.45. The second-order valence-corrected chi connectivity index (χ2v) is 8.08. The first-order chi connectivity index (χ1) is 12.4. The molecule has 1 fully saturated rings. The Morgan fingerprint density at radius 3 is 2.38 bits per heavy atom. The minimum absolute atomic E-state index is 0.0211. The predicted octanol–water partition coefficient (Wildman–Crippen LogP) is 1.83. The maximum absolute atomic E-state index is 12.9. The van der Waals surface area contributed by atoms with Gasteiger partial charge in [-0.2, -0.15) is 0 Å². The highest BCUT2D eigenvalue weighted by atomic mass is 32.2. The minimum atomic E-state index is -3.26. The summed E-state index contributed by atoms with van der Waals surface area (Å²) in [4.78, 5) is 12.2. The normalized spacial score (nSPS) is 17.1. The quantitative estimate of drug-likeness (QED) is 0.831. The molecule has 2 N–H and O–H groups in total. The molecule has 6 nitrogen and oxygen atoms in total. The average Bonchev–Trinajstić information content (AvgIpc) is 2.99. The number of carbonyl (C=O) groups excluding carboxylic acids is 1. The summed E-state index contributed by atoms with van der Waals surface area (Å²) in [5, 5.41) is 12.6. The molecule has 0 radical (unpaired) electrons. The smallest absolute Gasteiger partial charge is 0.251 e. The molecule has 2 aromatic carbocycles. The van der Waals surface area contributed by atoms with E-state index in [1.54, 1.807) is 24.3 Å². The fraction of sp³-hybridized carbons (Fsp3) is 0.278. The maximum atomic E-state index is 12.9. The molecule has 0 aromatic heterocycles. The highest BCUT2D eigenvalue weighted by Crippen LogP contribution is 2.24. The first kappa shape index (κ1) is 18.3. The number of anilines is 1. The van der Waals surface area contributed by atoms with Crippen LogP contribution in [0.3, 0.4) is 0 Å². The third-order valence-corrected chi connectivity index (χ3v) is 6.10. The van der Waals surface area contributed by atoms with Crippen molar-refractivity contribution in [1.29, 1.82) is 0 Å². The highest BCUT2D eigenvalue weighted by molar-refractivity contribution is 7.93. The topological polar surface area (TPSA) is 86.7 Å². The van der Waals surface area contributed by atoms with Gasteiger partial charge < -0.3 is 10.4 Å². The van der Waals surface area contributed by atoms with E-state index in [1.807, 2.05) is 0 Å². The highest BCUT2D eigenvalue weighted by Gasteiger charge is 2.28. The van der Waals surface area contributed by atoms with Crippen molar-refractivity contribution in [2.45, 2.75) is 12.5 Å². The number of halogens is 1. The van der Waals surface area contributed by atoms with Crippen molar-refractivity contribution in [3.63, 3.8) is 0 Å². The van der Waals surface area contributed by atoms with E-state index in [9.17, 15) is 22.7 Å². The van der Waals surface area contributed by atoms with E-state index in [2.05, 4.69) is 5.32 Å². The first-order valence-electron chi connectivity index (χ1n) is 8.19. The molecule has 1 heterocycles. The van der Waals surface area contributed by atoms with E-state index in [0.717, 1.165) is 0 Å². The standard InChI is InChI=1S/C18H19FN2O4S/c19-15-6-2-13(3-7-15)17(22)12-20-18(23)14-4-8-16(9-5-14)21-10-1-11-26(21,24)25/h2-9,17,22H,1,10-12H2,(H,20,23). The Labute approximate surface area is 151 Å². The predicted molar refractivity (Wildman–Crippen MR) is 95.9 cm³/mol. The van der Waals surface area contributed by atoms with Crippen LogP contribution >= 0.6 is 0 Å². The Kier molecular flexibility index (Phi) is 5.24. The molecular formula is C18H19FN2O4S. The summed E-state index contributed by atoms with van der Waals surface area (Å²) in [6.45, 7) is 0.421. The van der Waals surface area contributed by atoms with Gasteiger partial charge in [0.25, 0.3) is 5.91 Å². The summed E-state index contributed by atoms with van der Waals surface area (Å²) in [5.74, 6) is -0.650. The van der Waals surface area contributed by atoms with Crippen molar-refractivity contribution in [3.05, 3.63) is 65.5 Å². The van der Waals surface area contributed by atoms with E-state index < -0.39 is 21.9 Å². The summed E-state index contributed by atoms with van der Waals surface area (Å²) < 4.78 is 38.0. The van der Waals surface area contributed by atoms with Gasteiger partial charge in [-0.05, 0) is 48.4 Å². The van der Waals surface area contributed by atoms with Gasteiger partial charge in [-0.3, -0.25) is 9.10 Å². The number of hydrogen-bond acceptors (Lipinski definition) is 4. The van der Waals surface area contributed by atoms with E-state index in [4.69, 9.17) is 0 Å². The monoisotopic (exact) mass is 378 g/mol. The Morgan fingerprint density at radius 1 is 1.15 bits per heavy atom. The van der Waals surface area contributed by atoms with Gasteiger partial charge in [-0.1, -0.05) is 12.1 Å². The van der Waals surface area contributed by atoms with E-state index in [0.29, 0.717) is 29.8 Å². The van der Waals surface area contributed by atoms with Crippen molar-refractivity contribution < 1.29 is 22.7 Å². The number of nitrogens with zero attached hydrogens (tertiary/aromatic N) is 1. The van der Waals surface area contributed by atoms with Crippen LogP contribution in [0.15, 0.2) is 48.5 Å². The summed E-state index contributed by atoms with van der Waals surface area (Å²) >= 11 is 0. The molecule has 3 rings (SSSR count). The van der Waals surface area contributed by atoms with Crippen molar-refractivity contribution in [2.24, 2.45) is 0 Å². The number of amides is 1. The van der Waals surface area contributed by atoms with Crippen LogP contribution in [-0.2, 0) is 10.0 Å². The molecule has 0 spiro atoms. The van der Waals surface area contributed by atoms with Gasteiger partial charge in [0.2, 0.25) is 10.0 Å². The summed E-state index contributed by atoms with van der Waals surface area (Å²) in [5.41, 5.74) is 1.39. The van der Waals surface area contributed by atoms with Crippen LogP contribution in [0.4, 0.5) is 10.1 Å². The van der Waals surface area contributed by atoms with Crippen molar-refractivity contribution in [1.82, 2.24) is 5.32 Å².